The summed E-state index contributed by atoms with van der Waals surface area (Å²) in [5, 5.41) is 6.27. The van der Waals surface area contributed by atoms with E-state index >= 15 is 0 Å². The molecule has 30 heavy (non-hydrogen) atoms. The van der Waals surface area contributed by atoms with Gasteiger partial charge in [-0.1, -0.05) is 60.7 Å². The highest BCUT2D eigenvalue weighted by Crippen LogP contribution is 2.24. The van der Waals surface area contributed by atoms with E-state index in [-0.39, 0.29) is 18.1 Å². The fourth-order valence-electron chi connectivity index (χ4n) is 2.83. The zero-order valence-corrected chi connectivity index (χ0v) is 15.8. The lowest BCUT2D eigenvalue weighted by Gasteiger charge is -2.17. The third-order valence-corrected chi connectivity index (χ3v) is 4.13. The van der Waals surface area contributed by atoms with Gasteiger partial charge in [0.05, 0.1) is 24.4 Å². The molecule has 0 fully saturated rings. The van der Waals surface area contributed by atoms with E-state index in [9.17, 15) is 19.2 Å². The number of carbonyl (C=O) groups is 2. The van der Waals surface area contributed by atoms with Crippen molar-refractivity contribution in [3.63, 3.8) is 0 Å². The first-order valence-corrected chi connectivity index (χ1v) is 9.06. The zero-order chi connectivity index (χ0) is 21.3. The molecule has 9 nitrogen and oxygen atoms in total. The number of aromatic nitrogens is 2. The summed E-state index contributed by atoms with van der Waals surface area (Å²) in [4.78, 5) is 51.5. The van der Waals surface area contributed by atoms with Crippen molar-refractivity contribution in [1.82, 2.24) is 20.7 Å². The first kappa shape index (κ1) is 20.5. The molecule has 152 valence electrons. The van der Waals surface area contributed by atoms with Crippen LogP contribution in [-0.2, 0) is 9.59 Å². The van der Waals surface area contributed by atoms with Gasteiger partial charge in [-0.25, -0.2) is 10.2 Å². The molecule has 9 heteroatoms. The molecule has 4 N–H and O–H groups in total. The Morgan fingerprint density at radius 1 is 0.933 bits per heavy atom. The van der Waals surface area contributed by atoms with Crippen LogP contribution in [-0.4, -0.2) is 34.5 Å². The number of rotatable bonds is 7. The summed E-state index contributed by atoms with van der Waals surface area (Å²) in [6.45, 7) is -0.293. The van der Waals surface area contributed by atoms with Crippen LogP contribution in [0, 0.1) is 0 Å². The van der Waals surface area contributed by atoms with E-state index in [0.717, 1.165) is 23.4 Å². The molecule has 0 radical (unpaired) electrons. The Morgan fingerprint density at radius 2 is 1.53 bits per heavy atom. The van der Waals surface area contributed by atoms with E-state index in [0.29, 0.717) is 0 Å². The van der Waals surface area contributed by atoms with Gasteiger partial charge in [0.1, 0.15) is 0 Å². The SMILES string of the molecule is O=C(CNC(=O)C(c1ccccc1)c1ccccc1)N/N=C\c1cc(=O)[nH]c(=O)[nH]1. The summed E-state index contributed by atoms with van der Waals surface area (Å²) in [6, 6.07) is 19.6. The summed E-state index contributed by atoms with van der Waals surface area (Å²) in [7, 11) is 0. The van der Waals surface area contributed by atoms with Crippen LogP contribution < -0.4 is 22.0 Å². The lowest BCUT2D eigenvalue weighted by Crippen LogP contribution is -2.37. The molecule has 0 bridgehead atoms. The van der Waals surface area contributed by atoms with Crippen molar-refractivity contribution < 1.29 is 9.59 Å². The summed E-state index contributed by atoms with van der Waals surface area (Å²) >= 11 is 0. The average Bonchev–Trinajstić information content (AvgIpc) is 2.73. The highest BCUT2D eigenvalue weighted by atomic mass is 16.2. The maximum Gasteiger partial charge on any atom is 0.326 e. The van der Waals surface area contributed by atoms with E-state index in [4.69, 9.17) is 0 Å². The van der Waals surface area contributed by atoms with E-state index < -0.39 is 23.1 Å². The number of H-pyrrole nitrogens is 2. The van der Waals surface area contributed by atoms with Crippen LogP contribution in [0.4, 0.5) is 0 Å². The van der Waals surface area contributed by atoms with Crippen molar-refractivity contribution in [3.8, 4) is 0 Å². The molecular formula is C21H19N5O4. The second kappa shape index (κ2) is 9.78. The van der Waals surface area contributed by atoms with Crippen LogP contribution in [0.5, 0.6) is 0 Å². The largest absolute Gasteiger partial charge is 0.346 e. The number of aromatic amines is 2. The van der Waals surface area contributed by atoms with Crippen LogP contribution in [0.25, 0.3) is 0 Å². The standard InChI is InChI=1S/C21H19N5O4/c27-17-11-16(24-21(30)25-17)12-23-26-18(28)13-22-20(29)19(14-7-3-1-4-8-14)15-9-5-2-6-10-15/h1-12,19H,13H2,(H,22,29)(H,26,28)(H2,24,25,27,30)/b23-12-. The van der Waals surface area contributed by atoms with Gasteiger partial charge in [-0.3, -0.25) is 19.4 Å². The Kier molecular flexibility index (Phi) is 6.67. The highest BCUT2D eigenvalue weighted by Gasteiger charge is 2.22. The molecule has 0 aliphatic heterocycles. The van der Waals surface area contributed by atoms with Crippen LogP contribution in [0.15, 0.2) is 81.4 Å². The number of nitrogens with zero attached hydrogens (tertiary/aromatic N) is 1. The van der Waals surface area contributed by atoms with E-state index in [2.05, 4.69) is 20.8 Å². The molecule has 0 unspecified atom stereocenters. The van der Waals surface area contributed by atoms with Gasteiger partial charge in [0, 0.05) is 6.07 Å². The highest BCUT2D eigenvalue weighted by molar-refractivity contribution is 5.91. The summed E-state index contributed by atoms with van der Waals surface area (Å²) in [5.74, 6) is -1.46. The van der Waals surface area contributed by atoms with Crippen LogP contribution >= 0.6 is 0 Å². The van der Waals surface area contributed by atoms with Crippen molar-refractivity contribution in [1.29, 1.82) is 0 Å². The number of amides is 2. The number of hydrazone groups is 1. The molecule has 0 saturated carbocycles. The van der Waals surface area contributed by atoms with Gasteiger partial charge in [-0.15, -0.1) is 0 Å². The van der Waals surface area contributed by atoms with Gasteiger partial charge >= 0.3 is 5.69 Å². The zero-order valence-electron chi connectivity index (χ0n) is 15.8. The number of carbonyl (C=O) groups excluding carboxylic acids is 2. The van der Waals surface area contributed by atoms with Gasteiger partial charge in [-0.2, -0.15) is 5.10 Å². The molecule has 1 heterocycles. The molecule has 3 aromatic rings. The monoisotopic (exact) mass is 405 g/mol. The van der Waals surface area contributed by atoms with E-state index in [1.54, 1.807) is 0 Å². The third-order valence-electron chi connectivity index (χ3n) is 4.13. The minimum atomic E-state index is -0.685. The normalized spacial score (nSPS) is 10.8. The second-order valence-electron chi connectivity index (χ2n) is 6.31. The molecule has 0 saturated heterocycles. The van der Waals surface area contributed by atoms with Gasteiger partial charge in [0.2, 0.25) is 5.91 Å². The van der Waals surface area contributed by atoms with E-state index in [1.165, 1.54) is 0 Å². The van der Waals surface area contributed by atoms with Gasteiger partial charge < -0.3 is 10.3 Å². The Morgan fingerprint density at radius 3 is 2.10 bits per heavy atom. The molecule has 0 atom stereocenters. The van der Waals surface area contributed by atoms with Crippen molar-refractivity contribution >= 4 is 18.0 Å². The summed E-state index contributed by atoms with van der Waals surface area (Å²) < 4.78 is 0. The third kappa shape index (κ3) is 5.61. The Balaban J connectivity index is 1.62. The topological polar surface area (TPSA) is 136 Å². The van der Waals surface area contributed by atoms with Gasteiger partial charge in [0.15, 0.2) is 0 Å². The molecule has 1 aromatic heterocycles. The minimum absolute atomic E-state index is 0.126. The lowest BCUT2D eigenvalue weighted by molar-refractivity contribution is -0.126. The van der Waals surface area contributed by atoms with Gasteiger partial charge in [-0.05, 0) is 11.1 Å². The second-order valence-corrected chi connectivity index (χ2v) is 6.31. The predicted molar refractivity (Wildman–Crippen MR) is 111 cm³/mol. The molecule has 2 aromatic carbocycles. The van der Waals surface area contributed by atoms with Crippen LogP contribution in [0.2, 0.25) is 0 Å². The van der Waals surface area contributed by atoms with Crippen LogP contribution in [0.3, 0.4) is 0 Å². The summed E-state index contributed by atoms with van der Waals surface area (Å²) in [5.41, 5.74) is 2.68. The number of nitrogens with one attached hydrogen (secondary N) is 4. The number of hydrogen-bond acceptors (Lipinski definition) is 5. The molecule has 0 aliphatic rings. The van der Waals surface area contributed by atoms with Crippen LogP contribution in [0.1, 0.15) is 22.7 Å². The lowest BCUT2D eigenvalue weighted by atomic mass is 9.90. The first-order valence-electron chi connectivity index (χ1n) is 9.06. The molecule has 2 amide bonds. The van der Waals surface area contributed by atoms with E-state index in [1.807, 2.05) is 65.6 Å². The number of hydrogen-bond donors (Lipinski definition) is 4. The Bertz CT molecular complexity index is 1090. The molecular weight excluding hydrogens is 386 g/mol. The predicted octanol–water partition coefficient (Wildman–Crippen LogP) is 0.462. The quantitative estimate of drug-likeness (QED) is 0.335. The smallest absolute Gasteiger partial charge is 0.326 e. The van der Waals surface area contributed by atoms with Gasteiger partial charge in [0.25, 0.3) is 11.5 Å². The average molecular weight is 405 g/mol. The molecule has 3 rings (SSSR count). The fraction of sp³-hybridized carbons (Fsp3) is 0.0952. The number of benzene rings is 2. The first-order chi connectivity index (χ1) is 14.5. The molecule has 0 spiro atoms. The van der Waals surface area contributed by atoms with Crippen molar-refractivity contribution in [2.24, 2.45) is 5.10 Å². The van der Waals surface area contributed by atoms with Crippen molar-refractivity contribution in [3.05, 3.63) is 104 Å². The Hall–Kier alpha value is -4.27. The van der Waals surface area contributed by atoms with Crippen molar-refractivity contribution in [2.75, 3.05) is 6.54 Å². The maximum absolute atomic E-state index is 12.8. The Labute approximate surface area is 170 Å². The fourth-order valence-corrected chi connectivity index (χ4v) is 2.83. The maximum atomic E-state index is 12.8. The summed E-state index contributed by atoms with van der Waals surface area (Å²) in [6.07, 6.45) is 1.12. The minimum Gasteiger partial charge on any atom is -0.346 e. The van der Waals surface area contributed by atoms with Crippen molar-refractivity contribution in [2.45, 2.75) is 5.92 Å². The molecule has 0 aliphatic carbocycles.